The van der Waals surface area contributed by atoms with Crippen LogP contribution in [-0.4, -0.2) is 32.5 Å². The van der Waals surface area contributed by atoms with E-state index in [0.717, 1.165) is 19.3 Å². The normalized spacial score (nSPS) is 16.0. The first-order chi connectivity index (χ1) is 7.41. The second kappa shape index (κ2) is 8.07. The molecule has 2 unspecified atom stereocenters. The monoisotopic (exact) mass is 249 g/mol. The van der Waals surface area contributed by atoms with E-state index in [4.69, 9.17) is 0 Å². The van der Waals surface area contributed by atoms with E-state index in [-0.39, 0.29) is 11.7 Å². The van der Waals surface area contributed by atoms with Crippen LogP contribution in [0.4, 0.5) is 0 Å². The van der Waals surface area contributed by atoms with Gasteiger partial charge in [-0.05, 0) is 19.3 Å². The molecular formula is C12H27NO2S. The van der Waals surface area contributed by atoms with Crippen LogP contribution in [0.15, 0.2) is 0 Å². The van der Waals surface area contributed by atoms with Gasteiger partial charge in [0.2, 0.25) is 0 Å². The maximum Gasteiger partial charge on any atom is 0.151 e. The summed E-state index contributed by atoms with van der Waals surface area (Å²) in [5, 5.41) is 3.25. The summed E-state index contributed by atoms with van der Waals surface area (Å²) in [6.45, 7) is 8.84. The van der Waals surface area contributed by atoms with Crippen LogP contribution >= 0.6 is 0 Å². The average molecular weight is 249 g/mol. The van der Waals surface area contributed by atoms with Crippen molar-refractivity contribution < 1.29 is 8.42 Å². The summed E-state index contributed by atoms with van der Waals surface area (Å²) < 4.78 is 23.4. The highest BCUT2D eigenvalue weighted by atomic mass is 32.2. The molecule has 0 aromatic rings. The third-order valence-corrected chi connectivity index (χ3v) is 4.77. The predicted octanol–water partition coefficient (Wildman–Crippen LogP) is 2.23. The minimum Gasteiger partial charge on any atom is -0.313 e. The third-order valence-electron chi connectivity index (χ3n) is 2.86. The lowest BCUT2D eigenvalue weighted by Gasteiger charge is -2.13. The van der Waals surface area contributed by atoms with Gasteiger partial charge in [-0.2, -0.15) is 0 Å². The summed E-state index contributed by atoms with van der Waals surface area (Å²) >= 11 is 0. The zero-order valence-electron chi connectivity index (χ0n) is 11.1. The zero-order chi connectivity index (χ0) is 12.6. The lowest BCUT2D eigenvalue weighted by Crippen LogP contribution is -2.32. The molecule has 0 aliphatic rings. The van der Waals surface area contributed by atoms with Gasteiger partial charge in [0.15, 0.2) is 9.84 Å². The number of hydrogen-bond acceptors (Lipinski definition) is 3. The van der Waals surface area contributed by atoms with Gasteiger partial charge < -0.3 is 5.32 Å². The Morgan fingerprint density at radius 3 is 2.31 bits per heavy atom. The Balaban J connectivity index is 3.82. The summed E-state index contributed by atoms with van der Waals surface area (Å²) in [6.07, 6.45) is 3.16. The average Bonchev–Trinajstić information content (AvgIpc) is 2.16. The van der Waals surface area contributed by atoms with E-state index >= 15 is 0 Å². The SMILES string of the molecule is CCCC(C)NCCS(=O)(=O)CC(C)CC. The van der Waals surface area contributed by atoms with Crippen LogP contribution in [0.2, 0.25) is 0 Å². The number of sulfone groups is 1. The van der Waals surface area contributed by atoms with Crippen LogP contribution in [0.3, 0.4) is 0 Å². The molecule has 0 saturated heterocycles. The molecule has 16 heavy (non-hydrogen) atoms. The van der Waals surface area contributed by atoms with Crippen molar-refractivity contribution >= 4 is 9.84 Å². The highest BCUT2D eigenvalue weighted by molar-refractivity contribution is 7.91. The lowest BCUT2D eigenvalue weighted by atomic mass is 10.2. The maximum atomic E-state index is 11.7. The second-order valence-electron chi connectivity index (χ2n) is 4.77. The molecule has 0 aliphatic heterocycles. The Kier molecular flexibility index (Phi) is 8.02. The van der Waals surface area contributed by atoms with Crippen LogP contribution in [0.25, 0.3) is 0 Å². The van der Waals surface area contributed by atoms with Crippen molar-refractivity contribution in [3.05, 3.63) is 0 Å². The molecule has 0 radical (unpaired) electrons. The predicted molar refractivity (Wildman–Crippen MR) is 70.5 cm³/mol. The van der Waals surface area contributed by atoms with Crippen LogP contribution in [-0.2, 0) is 9.84 Å². The zero-order valence-corrected chi connectivity index (χ0v) is 11.9. The van der Waals surface area contributed by atoms with E-state index in [1.54, 1.807) is 0 Å². The minimum absolute atomic E-state index is 0.269. The van der Waals surface area contributed by atoms with Crippen molar-refractivity contribution in [3.63, 3.8) is 0 Å². The number of hydrogen-bond donors (Lipinski definition) is 1. The summed E-state index contributed by atoms with van der Waals surface area (Å²) in [4.78, 5) is 0. The number of rotatable bonds is 9. The topological polar surface area (TPSA) is 46.2 Å². The van der Waals surface area contributed by atoms with Gasteiger partial charge in [0.25, 0.3) is 0 Å². The van der Waals surface area contributed by atoms with E-state index in [2.05, 4.69) is 19.2 Å². The van der Waals surface area contributed by atoms with Gasteiger partial charge in [0.1, 0.15) is 0 Å². The molecule has 0 amide bonds. The summed E-state index contributed by atoms with van der Waals surface area (Å²) in [7, 11) is -2.87. The van der Waals surface area contributed by atoms with Gasteiger partial charge in [0.05, 0.1) is 11.5 Å². The molecule has 0 saturated carbocycles. The van der Waals surface area contributed by atoms with Crippen LogP contribution in [0.1, 0.15) is 47.0 Å². The highest BCUT2D eigenvalue weighted by Gasteiger charge is 2.14. The molecule has 4 heteroatoms. The first-order valence-corrected chi connectivity index (χ1v) is 8.17. The van der Waals surface area contributed by atoms with Crippen molar-refractivity contribution in [1.29, 1.82) is 0 Å². The largest absolute Gasteiger partial charge is 0.313 e. The summed E-state index contributed by atoms with van der Waals surface area (Å²) in [5.41, 5.74) is 0. The Bertz CT molecular complexity index is 262. The van der Waals surface area contributed by atoms with Crippen molar-refractivity contribution in [2.45, 2.75) is 53.0 Å². The molecule has 3 nitrogen and oxygen atoms in total. The third kappa shape index (κ3) is 8.11. The molecular weight excluding hydrogens is 222 g/mol. The van der Waals surface area contributed by atoms with Gasteiger partial charge in [0, 0.05) is 12.6 Å². The quantitative estimate of drug-likeness (QED) is 0.681. The Labute approximate surface area is 101 Å². The summed E-state index contributed by atoms with van der Waals surface area (Å²) in [5.74, 6) is 0.872. The van der Waals surface area contributed by atoms with Gasteiger partial charge in [-0.25, -0.2) is 8.42 Å². The van der Waals surface area contributed by atoms with E-state index in [9.17, 15) is 8.42 Å². The van der Waals surface area contributed by atoms with E-state index in [1.165, 1.54) is 0 Å². The molecule has 2 atom stereocenters. The van der Waals surface area contributed by atoms with Gasteiger partial charge in [-0.1, -0.05) is 33.6 Å². The van der Waals surface area contributed by atoms with Crippen LogP contribution < -0.4 is 5.32 Å². The first-order valence-electron chi connectivity index (χ1n) is 6.35. The van der Waals surface area contributed by atoms with Gasteiger partial charge >= 0.3 is 0 Å². The van der Waals surface area contributed by atoms with E-state index < -0.39 is 9.84 Å². The standard InChI is InChI=1S/C12H27NO2S/c1-5-7-12(4)13-8-9-16(14,15)10-11(3)6-2/h11-13H,5-10H2,1-4H3. The molecule has 0 aromatic heterocycles. The molecule has 0 heterocycles. The highest BCUT2D eigenvalue weighted by Crippen LogP contribution is 2.05. The Morgan fingerprint density at radius 2 is 1.81 bits per heavy atom. The fourth-order valence-electron chi connectivity index (χ4n) is 1.63. The smallest absolute Gasteiger partial charge is 0.151 e. The first kappa shape index (κ1) is 15.9. The molecule has 0 aromatic carbocycles. The fourth-order valence-corrected chi connectivity index (χ4v) is 3.33. The van der Waals surface area contributed by atoms with Crippen LogP contribution in [0.5, 0.6) is 0 Å². The van der Waals surface area contributed by atoms with Crippen LogP contribution in [0, 0.1) is 5.92 Å². The minimum atomic E-state index is -2.87. The van der Waals surface area contributed by atoms with E-state index in [0.29, 0.717) is 18.3 Å². The Morgan fingerprint density at radius 1 is 1.19 bits per heavy atom. The Hall–Kier alpha value is -0.0900. The van der Waals surface area contributed by atoms with Crippen molar-refractivity contribution in [2.75, 3.05) is 18.1 Å². The molecule has 98 valence electrons. The molecule has 0 spiro atoms. The molecule has 0 bridgehead atoms. The van der Waals surface area contributed by atoms with Crippen molar-refractivity contribution in [3.8, 4) is 0 Å². The lowest BCUT2D eigenvalue weighted by molar-refractivity contribution is 0.517. The molecule has 0 fully saturated rings. The maximum absolute atomic E-state index is 11.7. The molecule has 0 rings (SSSR count). The molecule has 0 aliphatic carbocycles. The van der Waals surface area contributed by atoms with Gasteiger partial charge in [-0.3, -0.25) is 0 Å². The number of nitrogens with one attached hydrogen (secondary N) is 1. The van der Waals surface area contributed by atoms with Crippen molar-refractivity contribution in [2.24, 2.45) is 5.92 Å². The van der Waals surface area contributed by atoms with Gasteiger partial charge in [-0.15, -0.1) is 0 Å². The second-order valence-corrected chi connectivity index (χ2v) is 7.00. The van der Waals surface area contributed by atoms with E-state index in [1.807, 2.05) is 13.8 Å². The fraction of sp³-hybridized carbons (Fsp3) is 1.00. The van der Waals surface area contributed by atoms with Crippen molar-refractivity contribution in [1.82, 2.24) is 5.32 Å². The summed E-state index contributed by atoms with van der Waals surface area (Å²) in [6, 6.07) is 0.420. The molecule has 1 N–H and O–H groups in total.